The Morgan fingerprint density at radius 1 is 1.31 bits per heavy atom. The summed E-state index contributed by atoms with van der Waals surface area (Å²) < 4.78 is 10.5. The molecule has 0 bridgehead atoms. The standard InChI is InChI=1S/C12H22O4/c1-4-7-8-9-10-12(11(13)14,15-5-2)16-6-3/h4H,1,5-10H2,2-3H3,(H,13,14). The Morgan fingerprint density at radius 2 is 1.88 bits per heavy atom. The second kappa shape index (κ2) is 8.30. The van der Waals surface area contributed by atoms with Gasteiger partial charge < -0.3 is 14.6 Å². The van der Waals surface area contributed by atoms with Crippen LogP contribution in [-0.4, -0.2) is 30.1 Å². The summed E-state index contributed by atoms with van der Waals surface area (Å²) in [6, 6.07) is 0. The molecule has 0 heterocycles. The molecule has 0 aromatic rings. The van der Waals surface area contributed by atoms with Crippen molar-refractivity contribution in [1.82, 2.24) is 0 Å². The minimum Gasteiger partial charge on any atom is -0.477 e. The van der Waals surface area contributed by atoms with Crippen molar-refractivity contribution in [3.05, 3.63) is 12.7 Å². The maximum Gasteiger partial charge on any atom is 0.364 e. The van der Waals surface area contributed by atoms with Crippen LogP contribution in [0.5, 0.6) is 0 Å². The average molecular weight is 230 g/mol. The van der Waals surface area contributed by atoms with Crippen molar-refractivity contribution in [2.24, 2.45) is 0 Å². The van der Waals surface area contributed by atoms with Crippen molar-refractivity contribution < 1.29 is 19.4 Å². The number of hydrogen-bond donors (Lipinski definition) is 1. The third-order valence-electron chi connectivity index (χ3n) is 2.24. The Bertz CT molecular complexity index is 207. The van der Waals surface area contributed by atoms with Crippen LogP contribution < -0.4 is 0 Å². The summed E-state index contributed by atoms with van der Waals surface area (Å²) in [6.45, 7) is 7.81. The largest absolute Gasteiger partial charge is 0.477 e. The van der Waals surface area contributed by atoms with Gasteiger partial charge in [0.15, 0.2) is 0 Å². The number of unbranched alkanes of at least 4 members (excludes halogenated alkanes) is 2. The van der Waals surface area contributed by atoms with Gasteiger partial charge in [-0.05, 0) is 33.1 Å². The van der Waals surface area contributed by atoms with Gasteiger partial charge in [-0.3, -0.25) is 0 Å². The molecular formula is C12H22O4. The average Bonchev–Trinajstić information content (AvgIpc) is 2.24. The Labute approximate surface area is 97.2 Å². The van der Waals surface area contributed by atoms with E-state index in [2.05, 4.69) is 6.58 Å². The molecule has 0 fully saturated rings. The molecule has 0 aromatic carbocycles. The molecule has 0 aromatic heterocycles. The fraction of sp³-hybridized carbons (Fsp3) is 0.750. The normalized spacial score (nSPS) is 11.4. The van der Waals surface area contributed by atoms with Gasteiger partial charge in [-0.25, -0.2) is 4.79 Å². The quantitative estimate of drug-likeness (QED) is 0.356. The zero-order valence-electron chi connectivity index (χ0n) is 10.2. The van der Waals surface area contributed by atoms with Gasteiger partial charge in [-0.2, -0.15) is 0 Å². The van der Waals surface area contributed by atoms with Gasteiger partial charge in [0.05, 0.1) is 0 Å². The number of ether oxygens (including phenoxy) is 2. The zero-order valence-corrected chi connectivity index (χ0v) is 10.2. The van der Waals surface area contributed by atoms with Gasteiger partial charge in [0, 0.05) is 19.6 Å². The van der Waals surface area contributed by atoms with Gasteiger partial charge in [-0.15, -0.1) is 6.58 Å². The molecule has 0 atom stereocenters. The van der Waals surface area contributed by atoms with E-state index in [1.165, 1.54) is 0 Å². The summed E-state index contributed by atoms with van der Waals surface area (Å²) in [7, 11) is 0. The number of rotatable bonds is 10. The third kappa shape index (κ3) is 4.77. The van der Waals surface area contributed by atoms with Crippen molar-refractivity contribution in [3.63, 3.8) is 0 Å². The first-order valence-corrected chi connectivity index (χ1v) is 5.75. The van der Waals surface area contributed by atoms with E-state index < -0.39 is 11.8 Å². The lowest BCUT2D eigenvalue weighted by atomic mass is 10.1. The molecule has 4 nitrogen and oxygen atoms in total. The van der Waals surface area contributed by atoms with Gasteiger partial charge in [0.25, 0.3) is 5.79 Å². The first kappa shape index (κ1) is 15.1. The maximum atomic E-state index is 11.2. The van der Waals surface area contributed by atoms with E-state index in [1.807, 2.05) is 6.08 Å². The van der Waals surface area contributed by atoms with Crippen LogP contribution in [0.15, 0.2) is 12.7 Å². The number of allylic oxidation sites excluding steroid dienone is 1. The highest BCUT2D eigenvalue weighted by atomic mass is 16.7. The highest BCUT2D eigenvalue weighted by Crippen LogP contribution is 2.22. The smallest absolute Gasteiger partial charge is 0.364 e. The van der Waals surface area contributed by atoms with E-state index in [0.717, 1.165) is 19.3 Å². The van der Waals surface area contributed by atoms with Gasteiger partial charge >= 0.3 is 5.97 Å². The number of carboxylic acids is 1. The van der Waals surface area contributed by atoms with Crippen molar-refractivity contribution in [3.8, 4) is 0 Å². The third-order valence-corrected chi connectivity index (χ3v) is 2.24. The van der Waals surface area contributed by atoms with Crippen LogP contribution in [-0.2, 0) is 14.3 Å². The number of aliphatic carboxylic acids is 1. The molecule has 0 aliphatic rings. The van der Waals surface area contributed by atoms with Crippen LogP contribution in [0.3, 0.4) is 0 Å². The Hall–Kier alpha value is -0.870. The second-order valence-electron chi connectivity index (χ2n) is 3.46. The highest BCUT2D eigenvalue weighted by molar-refractivity contribution is 5.75. The fourth-order valence-electron chi connectivity index (χ4n) is 1.53. The predicted octanol–water partition coefficient (Wildman–Crippen LogP) is 2.59. The van der Waals surface area contributed by atoms with Crippen molar-refractivity contribution in [2.75, 3.05) is 13.2 Å². The fourth-order valence-corrected chi connectivity index (χ4v) is 1.53. The Kier molecular flexibility index (Phi) is 7.85. The Balaban J connectivity index is 4.36. The van der Waals surface area contributed by atoms with Crippen molar-refractivity contribution in [1.29, 1.82) is 0 Å². The van der Waals surface area contributed by atoms with E-state index in [0.29, 0.717) is 19.6 Å². The monoisotopic (exact) mass is 230 g/mol. The van der Waals surface area contributed by atoms with Crippen LogP contribution in [0.25, 0.3) is 0 Å². The molecule has 0 rings (SSSR count). The summed E-state index contributed by atoms with van der Waals surface area (Å²) in [5, 5.41) is 9.17. The molecule has 0 radical (unpaired) electrons. The molecule has 4 heteroatoms. The highest BCUT2D eigenvalue weighted by Gasteiger charge is 2.39. The molecule has 0 saturated carbocycles. The van der Waals surface area contributed by atoms with Crippen LogP contribution >= 0.6 is 0 Å². The van der Waals surface area contributed by atoms with Crippen LogP contribution in [0, 0.1) is 0 Å². The van der Waals surface area contributed by atoms with Crippen LogP contribution in [0.4, 0.5) is 0 Å². The maximum absolute atomic E-state index is 11.2. The van der Waals surface area contributed by atoms with Gasteiger partial charge in [-0.1, -0.05) is 6.08 Å². The SMILES string of the molecule is C=CCCCCC(OCC)(OCC)C(=O)O. The second-order valence-corrected chi connectivity index (χ2v) is 3.46. The number of carboxylic acid groups (broad SMARTS) is 1. The number of carbonyl (C=O) groups is 1. The number of hydrogen-bond acceptors (Lipinski definition) is 3. The summed E-state index contributed by atoms with van der Waals surface area (Å²) in [5.74, 6) is -2.51. The lowest BCUT2D eigenvalue weighted by Crippen LogP contribution is -2.44. The molecule has 16 heavy (non-hydrogen) atoms. The molecule has 0 amide bonds. The van der Waals surface area contributed by atoms with Crippen molar-refractivity contribution >= 4 is 5.97 Å². The molecule has 0 spiro atoms. The molecule has 0 aliphatic carbocycles. The van der Waals surface area contributed by atoms with Crippen LogP contribution in [0.1, 0.15) is 39.5 Å². The van der Waals surface area contributed by atoms with Crippen LogP contribution in [0.2, 0.25) is 0 Å². The van der Waals surface area contributed by atoms with E-state index in [9.17, 15) is 9.90 Å². The van der Waals surface area contributed by atoms with E-state index in [1.54, 1.807) is 13.8 Å². The van der Waals surface area contributed by atoms with E-state index in [4.69, 9.17) is 9.47 Å². The molecule has 0 unspecified atom stereocenters. The van der Waals surface area contributed by atoms with E-state index >= 15 is 0 Å². The Morgan fingerprint density at radius 3 is 2.25 bits per heavy atom. The molecule has 94 valence electrons. The first-order chi connectivity index (χ1) is 7.63. The minimum absolute atomic E-state index is 0.327. The first-order valence-electron chi connectivity index (χ1n) is 5.75. The van der Waals surface area contributed by atoms with Crippen molar-refractivity contribution in [2.45, 2.75) is 45.3 Å². The minimum atomic E-state index is -1.47. The molecule has 0 saturated heterocycles. The van der Waals surface area contributed by atoms with E-state index in [-0.39, 0.29) is 0 Å². The topological polar surface area (TPSA) is 55.8 Å². The predicted molar refractivity (Wildman–Crippen MR) is 62.3 cm³/mol. The zero-order chi connectivity index (χ0) is 12.4. The summed E-state index contributed by atoms with van der Waals surface area (Å²) in [4.78, 5) is 11.2. The molecule has 0 aliphatic heterocycles. The lowest BCUT2D eigenvalue weighted by molar-refractivity contribution is -0.244. The summed E-state index contributed by atoms with van der Waals surface area (Å²) in [6.07, 6.45) is 4.73. The molecule has 1 N–H and O–H groups in total. The summed E-state index contributed by atoms with van der Waals surface area (Å²) >= 11 is 0. The lowest BCUT2D eigenvalue weighted by Gasteiger charge is -2.28. The van der Waals surface area contributed by atoms with Gasteiger partial charge in [0.2, 0.25) is 0 Å². The summed E-state index contributed by atoms with van der Waals surface area (Å²) in [5.41, 5.74) is 0. The molecular weight excluding hydrogens is 208 g/mol. The van der Waals surface area contributed by atoms with Gasteiger partial charge in [0.1, 0.15) is 0 Å².